The lowest BCUT2D eigenvalue weighted by Crippen LogP contribution is -2.14. The molecule has 0 radical (unpaired) electrons. The minimum atomic E-state index is 0.00535. The number of hydrogen-bond acceptors (Lipinski definition) is 3. The van der Waals surface area contributed by atoms with Gasteiger partial charge in [-0.05, 0) is 50.1 Å². The van der Waals surface area contributed by atoms with Gasteiger partial charge < -0.3 is 15.8 Å². The molecule has 0 fully saturated rings. The zero-order valence-electron chi connectivity index (χ0n) is 11.2. The molecular weight excluding hydrogens is 228 g/mol. The predicted octanol–water partition coefficient (Wildman–Crippen LogP) is 2.46. The van der Waals surface area contributed by atoms with E-state index < -0.39 is 0 Å². The van der Waals surface area contributed by atoms with Crippen molar-refractivity contribution >= 4 is 11.6 Å². The molecule has 0 heterocycles. The van der Waals surface area contributed by atoms with Crippen LogP contribution in [0.2, 0.25) is 0 Å². The molecule has 18 heavy (non-hydrogen) atoms. The van der Waals surface area contributed by atoms with Gasteiger partial charge in [0.2, 0.25) is 5.91 Å². The van der Waals surface area contributed by atoms with E-state index in [1.165, 1.54) is 0 Å². The Balaban J connectivity index is 2.59. The number of ether oxygens (including phenoxy) is 1. The van der Waals surface area contributed by atoms with Crippen LogP contribution in [0, 0.1) is 6.92 Å². The molecule has 0 aromatic heterocycles. The van der Waals surface area contributed by atoms with Crippen molar-refractivity contribution in [2.24, 2.45) is 5.73 Å². The Morgan fingerprint density at radius 2 is 2.22 bits per heavy atom. The minimum Gasteiger partial charge on any atom is -0.494 e. The Labute approximate surface area is 109 Å². The largest absolute Gasteiger partial charge is 0.494 e. The normalized spacial score (nSPS) is 10.2. The van der Waals surface area contributed by atoms with Crippen LogP contribution >= 0.6 is 0 Å². The quantitative estimate of drug-likeness (QED) is 0.781. The highest BCUT2D eigenvalue weighted by Gasteiger charge is 2.05. The summed E-state index contributed by atoms with van der Waals surface area (Å²) in [5.41, 5.74) is 7.21. The van der Waals surface area contributed by atoms with Crippen LogP contribution in [-0.2, 0) is 4.79 Å². The number of benzene rings is 1. The first-order chi connectivity index (χ1) is 8.67. The molecule has 0 unspecified atom stereocenters. The molecule has 0 atom stereocenters. The van der Waals surface area contributed by atoms with Crippen LogP contribution in [0.25, 0.3) is 0 Å². The van der Waals surface area contributed by atoms with Crippen LogP contribution in [0.1, 0.15) is 31.7 Å². The van der Waals surface area contributed by atoms with E-state index in [0.717, 1.165) is 23.4 Å². The highest BCUT2D eigenvalue weighted by molar-refractivity contribution is 5.91. The number of amides is 1. The maximum absolute atomic E-state index is 11.6. The van der Waals surface area contributed by atoms with Crippen LogP contribution in [0.4, 0.5) is 5.69 Å². The van der Waals surface area contributed by atoms with Gasteiger partial charge in [0, 0.05) is 12.1 Å². The van der Waals surface area contributed by atoms with Crippen molar-refractivity contribution in [2.45, 2.75) is 33.1 Å². The monoisotopic (exact) mass is 250 g/mol. The standard InChI is InChI=1S/C14H22N2O2/c1-3-9-18-12-6-7-13(11(2)10-12)16-14(17)5-4-8-15/h6-7,10H,3-5,8-9,15H2,1-2H3,(H,16,17). The fourth-order valence-corrected chi connectivity index (χ4v) is 1.56. The smallest absolute Gasteiger partial charge is 0.224 e. The van der Waals surface area contributed by atoms with Crippen molar-refractivity contribution in [3.8, 4) is 5.75 Å². The Morgan fingerprint density at radius 1 is 1.44 bits per heavy atom. The molecule has 1 amide bonds. The molecule has 0 aliphatic rings. The van der Waals surface area contributed by atoms with E-state index in [-0.39, 0.29) is 5.91 Å². The second kappa shape index (κ2) is 7.71. The number of nitrogens with two attached hydrogens (primary N) is 1. The lowest BCUT2D eigenvalue weighted by molar-refractivity contribution is -0.116. The lowest BCUT2D eigenvalue weighted by atomic mass is 10.2. The van der Waals surface area contributed by atoms with Crippen LogP contribution in [0.3, 0.4) is 0 Å². The summed E-state index contributed by atoms with van der Waals surface area (Å²) in [4.78, 5) is 11.6. The summed E-state index contributed by atoms with van der Waals surface area (Å²) in [5, 5.41) is 2.88. The maximum Gasteiger partial charge on any atom is 0.224 e. The van der Waals surface area contributed by atoms with Gasteiger partial charge in [0.15, 0.2) is 0 Å². The summed E-state index contributed by atoms with van der Waals surface area (Å²) < 4.78 is 5.53. The first kappa shape index (κ1) is 14.5. The van der Waals surface area contributed by atoms with Crippen LogP contribution in [0.15, 0.2) is 18.2 Å². The molecule has 1 rings (SSSR count). The van der Waals surface area contributed by atoms with Crippen LogP contribution in [-0.4, -0.2) is 19.1 Å². The predicted molar refractivity (Wildman–Crippen MR) is 73.9 cm³/mol. The summed E-state index contributed by atoms with van der Waals surface area (Å²) in [6.45, 7) is 5.27. The molecule has 1 aromatic carbocycles. The lowest BCUT2D eigenvalue weighted by Gasteiger charge is -2.11. The molecule has 3 N–H and O–H groups in total. The van der Waals surface area contributed by atoms with E-state index in [9.17, 15) is 4.79 Å². The average molecular weight is 250 g/mol. The third-order valence-corrected chi connectivity index (χ3v) is 2.55. The molecule has 4 nitrogen and oxygen atoms in total. The van der Waals surface area contributed by atoms with E-state index in [1.807, 2.05) is 25.1 Å². The summed E-state index contributed by atoms with van der Waals surface area (Å²) in [5.74, 6) is 0.847. The number of anilines is 1. The van der Waals surface area contributed by atoms with Crippen molar-refractivity contribution < 1.29 is 9.53 Å². The van der Waals surface area contributed by atoms with Gasteiger partial charge in [-0.1, -0.05) is 6.92 Å². The Morgan fingerprint density at radius 3 is 2.83 bits per heavy atom. The van der Waals surface area contributed by atoms with Gasteiger partial charge in [-0.2, -0.15) is 0 Å². The van der Waals surface area contributed by atoms with E-state index in [2.05, 4.69) is 12.2 Å². The van der Waals surface area contributed by atoms with Gasteiger partial charge in [-0.3, -0.25) is 4.79 Å². The van der Waals surface area contributed by atoms with Gasteiger partial charge in [0.05, 0.1) is 6.61 Å². The topological polar surface area (TPSA) is 64.3 Å². The highest BCUT2D eigenvalue weighted by atomic mass is 16.5. The Hall–Kier alpha value is -1.55. The average Bonchev–Trinajstić information content (AvgIpc) is 2.36. The van der Waals surface area contributed by atoms with Crippen molar-refractivity contribution in [3.63, 3.8) is 0 Å². The first-order valence-electron chi connectivity index (χ1n) is 6.40. The van der Waals surface area contributed by atoms with Gasteiger partial charge in [-0.15, -0.1) is 0 Å². The van der Waals surface area contributed by atoms with Crippen molar-refractivity contribution in [1.82, 2.24) is 0 Å². The third-order valence-electron chi connectivity index (χ3n) is 2.55. The van der Waals surface area contributed by atoms with E-state index >= 15 is 0 Å². The molecule has 100 valence electrons. The summed E-state index contributed by atoms with van der Waals surface area (Å²) in [7, 11) is 0. The molecule has 0 aliphatic carbocycles. The molecular formula is C14H22N2O2. The minimum absolute atomic E-state index is 0.00535. The van der Waals surface area contributed by atoms with Gasteiger partial charge in [0.1, 0.15) is 5.75 Å². The molecule has 0 spiro atoms. The molecule has 0 saturated heterocycles. The zero-order chi connectivity index (χ0) is 13.4. The Bertz CT molecular complexity index is 391. The van der Waals surface area contributed by atoms with Gasteiger partial charge in [0.25, 0.3) is 0 Å². The molecule has 0 bridgehead atoms. The maximum atomic E-state index is 11.6. The number of rotatable bonds is 7. The number of nitrogens with one attached hydrogen (secondary N) is 1. The Kier molecular flexibility index (Phi) is 6.22. The van der Waals surface area contributed by atoms with Crippen LogP contribution in [0.5, 0.6) is 5.75 Å². The second-order valence-electron chi connectivity index (χ2n) is 4.27. The summed E-state index contributed by atoms with van der Waals surface area (Å²) >= 11 is 0. The molecule has 4 heteroatoms. The number of aryl methyl sites for hydroxylation is 1. The SMILES string of the molecule is CCCOc1ccc(NC(=O)CCCN)c(C)c1. The number of carbonyl (C=O) groups is 1. The van der Waals surface area contributed by atoms with Crippen molar-refractivity contribution in [1.29, 1.82) is 0 Å². The second-order valence-corrected chi connectivity index (χ2v) is 4.27. The molecule has 1 aromatic rings. The van der Waals surface area contributed by atoms with E-state index in [1.54, 1.807) is 0 Å². The fourth-order valence-electron chi connectivity index (χ4n) is 1.56. The zero-order valence-corrected chi connectivity index (χ0v) is 11.2. The van der Waals surface area contributed by atoms with Crippen LogP contribution < -0.4 is 15.8 Å². The summed E-state index contributed by atoms with van der Waals surface area (Å²) in [6, 6.07) is 5.69. The van der Waals surface area contributed by atoms with E-state index in [0.29, 0.717) is 26.0 Å². The van der Waals surface area contributed by atoms with Crippen molar-refractivity contribution in [3.05, 3.63) is 23.8 Å². The van der Waals surface area contributed by atoms with Crippen molar-refractivity contribution in [2.75, 3.05) is 18.5 Å². The van der Waals surface area contributed by atoms with E-state index in [4.69, 9.17) is 10.5 Å². The molecule has 0 aliphatic heterocycles. The summed E-state index contributed by atoms with van der Waals surface area (Å²) in [6.07, 6.45) is 2.16. The highest BCUT2D eigenvalue weighted by Crippen LogP contribution is 2.21. The fraction of sp³-hybridized carbons (Fsp3) is 0.500. The number of carbonyl (C=O) groups excluding carboxylic acids is 1. The third kappa shape index (κ3) is 4.75. The van der Waals surface area contributed by atoms with Gasteiger partial charge >= 0.3 is 0 Å². The van der Waals surface area contributed by atoms with Gasteiger partial charge in [-0.25, -0.2) is 0 Å². The number of hydrogen-bond donors (Lipinski definition) is 2. The first-order valence-corrected chi connectivity index (χ1v) is 6.40. The molecule has 0 saturated carbocycles.